The molecule has 7 heteroatoms. The maximum Gasteiger partial charge on any atom is 0.262 e. The summed E-state index contributed by atoms with van der Waals surface area (Å²) in [6, 6.07) is 13.8. The molecule has 3 heterocycles. The van der Waals surface area contributed by atoms with E-state index in [1.54, 1.807) is 7.11 Å². The minimum Gasteiger partial charge on any atom is -0.383 e. The number of hydrogen-bond acceptors (Lipinski definition) is 5. The summed E-state index contributed by atoms with van der Waals surface area (Å²) in [4.78, 5) is 32.2. The highest BCUT2D eigenvalue weighted by Crippen LogP contribution is 2.30. The molecule has 0 bridgehead atoms. The molecule has 0 amide bonds. The first-order valence-corrected chi connectivity index (χ1v) is 11.0. The molecule has 0 fully saturated rings. The summed E-state index contributed by atoms with van der Waals surface area (Å²) in [5.74, 6) is -0.106. The fourth-order valence-corrected chi connectivity index (χ4v) is 5.11. The van der Waals surface area contributed by atoms with Crippen LogP contribution in [0.4, 0.5) is 0 Å². The van der Waals surface area contributed by atoms with E-state index in [0.29, 0.717) is 22.4 Å². The Hall–Kier alpha value is -3.03. The average molecular weight is 436 g/mol. The molecule has 0 saturated heterocycles. The number of methoxy groups -OCH3 is 1. The van der Waals surface area contributed by atoms with Crippen LogP contribution in [0.5, 0.6) is 0 Å². The topological polar surface area (TPSA) is 66.1 Å². The number of hydrogen-bond donors (Lipinski definition) is 0. The predicted molar refractivity (Wildman–Crippen MR) is 124 cm³/mol. The number of benzene rings is 1. The Morgan fingerprint density at radius 2 is 1.94 bits per heavy atom. The second-order valence-corrected chi connectivity index (χ2v) is 8.79. The zero-order valence-electron chi connectivity index (χ0n) is 18.1. The van der Waals surface area contributed by atoms with Crippen molar-refractivity contribution in [2.75, 3.05) is 13.7 Å². The average Bonchev–Trinajstić information content (AvgIpc) is 3.32. The van der Waals surface area contributed by atoms with Gasteiger partial charge in [0.1, 0.15) is 4.83 Å². The lowest BCUT2D eigenvalue weighted by Gasteiger charge is -2.17. The van der Waals surface area contributed by atoms with Crippen molar-refractivity contribution >= 4 is 27.3 Å². The van der Waals surface area contributed by atoms with Gasteiger partial charge in [0.15, 0.2) is 5.78 Å². The van der Waals surface area contributed by atoms with Crippen LogP contribution in [0.3, 0.4) is 0 Å². The number of aryl methyl sites for hydroxylation is 1. The van der Waals surface area contributed by atoms with Crippen molar-refractivity contribution in [1.82, 2.24) is 14.1 Å². The number of thiophene rings is 1. The van der Waals surface area contributed by atoms with E-state index in [9.17, 15) is 9.59 Å². The van der Waals surface area contributed by atoms with Gasteiger partial charge in [0, 0.05) is 28.9 Å². The van der Waals surface area contributed by atoms with Crippen LogP contribution in [0.15, 0.2) is 53.6 Å². The van der Waals surface area contributed by atoms with Crippen molar-refractivity contribution in [3.8, 4) is 10.4 Å². The van der Waals surface area contributed by atoms with E-state index < -0.39 is 0 Å². The summed E-state index contributed by atoms with van der Waals surface area (Å²) in [5, 5.41) is 0.540. The largest absolute Gasteiger partial charge is 0.383 e. The molecule has 3 aromatic heterocycles. The molecule has 0 spiro atoms. The van der Waals surface area contributed by atoms with Gasteiger partial charge in [-0.1, -0.05) is 30.3 Å². The quantitative estimate of drug-likeness (QED) is 0.397. The van der Waals surface area contributed by atoms with E-state index in [2.05, 4.69) is 16.5 Å². The second kappa shape index (κ2) is 8.61. The Morgan fingerprint density at radius 3 is 2.65 bits per heavy atom. The van der Waals surface area contributed by atoms with Crippen molar-refractivity contribution in [2.45, 2.75) is 33.4 Å². The van der Waals surface area contributed by atoms with Crippen LogP contribution in [0.2, 0.25) is 0 Å². The Balaban J connectivity index is 1.65. The highest BCUT2D eigenvalue weighted by Gasteiger charge is 2.20. The molecule has 0 aliphatic rings. The lowest BCUT2D eigenvalue weighted by Crippen LogP contribution is -2.24. The summed E-state index contributed by atoms with van der Waals surface area (Å²) in [7, 11) is 1.67. The minimum atomic E-state index is -0.196. The van der Waals surface area contributed by atoms with Crippen molar-refractivity contribution in [3.05, 3.63) is 76.1 Å². The lowest BCUT2D eigenvalue weighted by atomic mass is 10.1. The van der Waals surface area contributed by atoms with E-state index in [-0.39, 0.29) is 23.9 Å². The Kier molecular flexibility index (Phi) is 5.89. The highest BCUT2D eigenvalue weighted by molar-refractivity contribution is 7.21. The van der Waals surface area contributed by atoms with Crippen LogP contribution in [-0.4, -0.2) is 33.6 Å². The molecule has 4 rings (SSSR count). The fraction of sp³-hybridized carbons (Fsp3) is 0.292. The number of carbonyl (C=O) groups is 1. The number of rotatable bonds is 7. The molecule has 4 aromatic rings. The van der Waals surface area contributed by atoms with Crippen LogP contribution in [0.1, 0.15) is 34.7 Å². The molecule has 0 unspecified atom stereocenters. The minimum absolute atomic E-state index is 0.0404. The maximum absolute atomic E-state index is 13.1. The van der Waals surface area contributed by atoms with Gasteiger partial charge in [-0.3, -0.25) is 14.2 Å². The molecule has 0 N–H and O–H groups in total. The van der Waals surface area contributed by atoms with E-state index in [1.165, 1.54) is 22.2 Å². The lowest BCUT2D eigenvalue weighted by molar-refractivity contribution is 0.0969. The van der Waals surface area contributed by atoms with E-state index in [4.69, 9.17) is 4.74 Å². The van der Waals surface area contributed by atoms with Crippen LogP contribution in [-0.2, 0) is 11.3 Å². The van der Waals surface area contributed by atoms with E-state index in [1.807, 2.05) is 56.3 Å². The van der Waals surface area contributed by atoms with Gasteiger partial charge in [0.25, 0.3) is 5.56 Å². The van der Waals surface area contributed by atoms with Crippen LogP contribution in [0, 0.1) is 13.8 Å². The first-order valence-electron chi connectivity index (χ1n) is 10.2. The zero-order valence-corrected chi connectivity index (χ0v) is 18.9. The molecule has 31 heavy (non-hydrogen) atoms. The molecule has 1 aromatic carbocycles. The molecular formula is C24H25N3O3S. The maximum atomic E-state index is 13.1. The first-order chi connectivity index (χ1) is 14.9. The normalized spacial score (nSPS) is 12.4. The van der Waals surface area contributed by atoms with Crippen molar-refractivity contribution < 1.29 is 9.53 Å². The Bertz CT molecular complexity index is 1300. The van der Waals surface area contributed by atoms with Crippen molar-refractivity contribution in [1.29, 1.82) is 0 Å². The molecule has 0 aliphatic carbocycles. The van der Waals surface area contributed by atoms with Crippen molar-refractivity contribution in [2.24, 2.45) is 0 Å². The van der Waals surface area contributed by atoms with Gasteiger partial charge in [-0.25, -0.2) is 4.98 Å². The number of Topliss-reactive ketones (excluding diaryl/α,β-unsaturated/α-hetero) is 1. The zero-order chi connectivity index (χ0) is 22.1. The van der Waals surface area contributed by atoms with E-state index in [0.717, 1.165) is 21.8 Å². The van der Waals surface area contributed by atoms with Gasteiger partial charge in [-0.2, -0.15) is 0 Å². The number of ether oxygens (including phenoxy) is 1. The number of fused-ring (bicyclic) bond motifs is 1. The van der Waals surface area contributed by atoms with Crippen molar-refractivity contribution in [3.63, 3.8) is 0 Å². The monoisotopic (exact) mass is 435 g/mol. The van der Waals surface area contributed by atoms with Gasteiger partial charge >= 0.3 is 0 Å². The number of ketones is 1. The van der Waals surface area contributed by atoms with Gasteiger partial charge < -0.3 is 9.30 Å². The molecule has 1 atom stereocenters. The molecule has 160 valence electrons. The molecule has 0 saturated carbocycles. The fourth-order valence-electron chi connectivity index (χ4n) is 4.11. The van der Waals surface area contributed by atoms with Crippen LogP contribution in [0.25, 0.3) is 20.7 Å². The Morgan fingerprint density at radius 1 is 1.19 bits per heavy atom. The third-order valence-electron chi connectivity index (χ3n) is 5.52. The van der Waals surface area contributed by atoms with Gasteiger partial charge in [-0.05, 0) is 38.5 Å². The summed E-state index contributed by atoms with van der Waals surface area (Å²) in [6.45, 7) is 6.49. The van der Waals surface area contributed by atoms with Gasteiger partial charge in [0.05, 0.1) is 30.9 Å². The van der Waals surface area contributed by atoms with Crippen LogP contribution >= 0.6 is 11.3 Å². The third kappa shape index (κ3) is 3.98. The van der Waals surface area contributed by atoms with Crippen LogP contribution < -0.4 is 5.56 Å². The standard InChI is InChI=1S/C24H25N3O3S/c1-15-10-19(17(3)27(15)16(2)13-30-4)21(28)12-26-14-25-23-20(24(26)29)11-22(31-23)18-8-6-5-7-9-18/h5-11,14,16H,12-13H2,1-4H3/t16-/m1/s1. The molecule has 0 radical (unpaired) electrons. The number of aromatic nitrogens is 3. The molecular weight excluding hydrogens is 410 g/mol. The summed E-state index contributed by atoms with van der Waals surface area (Å²) in [5.41, 5.74) is 3.36. The first kappa shape index (κ1) is 21.2. The summed E-state index contributed by atoms with van der Waals surface area (Å²) < 4.78 is 8.77. The third-order valence-corrected chi connectivity index (χ3v) is 6.62. The SMILES string of the molecule is COC[C@@H](C)n1c(C)cc(C(=O)Cn2cnc3sc(-c4ccccc4)cc3c2=O)c1C. The summed E-state index contributed by atoms with van der Waals surface area (Å²) >= 11 is 1.48. The second-order valence-electron chi connectivity index (χ2n) is 7.76. The van der Waals surface area contributed by atoms with Gasteiger partial charge in [0.2, 0.25) is 0 Å². The predicted octanol–water partition coefficient (Wildman–Crippen LogP) is 4.63. The molecule has 6 nitrogen and oxygen atoms in total. The Labute approximate surface area is 184 Å². The molecule has 0 aliphatic heterocycles. The van der Waals surface area contributed by atoms with Gasteiger partial charge in [-0.15, -0.1) is 11.3 Å². The number of carbonyl (C=O) groups excluding carboxylic acids is 1. The highest BCUT2D eigenvalue weighted by atomic mass is 32.1. The summed E-state index contributed by atoms with van der Waals surface area (Å²) in [6.07, 6.45) is 1.47. The smallest absolute Gasteiger partial charge is 0.262 e. The van der Waals surface area contributed by atoms with E-state index >= 15 is 0 Å². The number of nitrogens with zero attached hydrogens (tertiary/aromatic N) is 3.